The number of nitrogens with one attached hydrogen (secondary N) is 1. The summed E-state index contributed by atoms with van der Waals surface area (Å²) < 4.78 is 41.2. The van der Waals surface area contributed by atoms with Crippen molar-refractivity contribution in [3.05, 3.63) is 52.2 Å². The van der Waals surface area contributed by atoms with Crippen molar-refractivity contribution in [2.45, 2.75) is 12.9 Å². The van der Waals surface area contributed by atoms with E-state index in [1.165, 1.54) is 41.5 Å². The van der Waals surface area contributed by atoms with Crippen LogP contribution in [0.5, 0.6) is 5.75 Å². The van der Waals surface area contributed by atoms with Crippen molar-refractivity contribution in [3.8, 4) is 5.75 Å². The molecule has 2 amide bonds. The van der Waals surface area contributed by atoms with Crippen molar-refractivity contribution >= 4 is 23.2 Å². The third kappa shape index (κ3) is 5.79. The van der Waals surface area contributed by atoms with Gasteiger partial charge in [0.1, 0.15) is 5.75 Å². The molecule has 25 heavy (non-hydrogen) atoms. The van der Waals surface area contributed by atoms with Crippen molar-refractivity contribution in [1.82, 2.24) is 10.2 Å². The number of para-hydroxylation sites is 1. The zero-order valence-electron chi connectivity index (χ0n) is 13.2. The average molecular weight is 372 g/mol. The van der Waals surface area contributed by atoms with Crippen LogP contribution < -0.4 is 10.1 Å². The standard InChI is InChI=1S/C16H15F3N2O3S/c1-21(14(22)9-20-15(23)13-7-4-8-25-13)10-11-5-2-3-6-12(11)24-16(17,18)19/h2-8H,9-10H2,1H3,(H,20,23). The first kappa shape index (κ1) is 18.8. The molecule has 0 spiro atoms. The van der Waals surface area contributed by atoms with Crippen LogP contribution in [0.25, 0.3) is 0 Å². The molecule has 0 radical (unpaired) electrons. The van der Waals surface area contributed by atoms with Crippen LogP contribution in [0.4, 0.5) is 13.2 Å². The second-order valence-electron chi connectivity index (χ2n) is 5.07. The molecular weight excluding hydrogens is 357 g/mol. The molecule has 0 aliphatic carbocycles. The highest BCUT2D eigenvalue weighted by molar-refractivity contribution is 7.12. The number of carbonyl (C=O) groups is 2. The quantitative estimate of drug-likeness (QED) is 0.848. The van der Waals surface area contributed by atoms with Crippen LogP contribution in [-0.4, -0.2) is 36.7 Å². The molecule has 1 N–H and O–H groups in total. The fourth-order valence-corrected chi connectivity index (χ4v) is 2.63. The highest BCUT2D eigenvalue weighted by Crippen LogP contribution is 2.26. The lowest BCUT2D eigenvalue weighted by atomic mass is 10.2. The Morgan fingerprint density at radius 3 is 2.56 bits per heavy atom. The molecule has 1 heterocycles. The Balaban J connectivity index is 1.94. The molecule has 0 atom stereocenters. The summed E-state index contributed by atoms with van der Waals surface area (Å²) in [6, 6.07) is 8.92. The monoisotopic (exact) mass is 372 g/mol. The first-order valence-electron chi connectivity index (χ1n) is 7.15. The van der Waals surface area contributed by atoms with Gasteiger partial charge in [-0.2, -0.15) is 0 Å². The van der Waals surface area contributed by atoms with Crippen LogP contribution in [-0.2, 0) is 11.3 Å². The van der Waals surface area contributed by atoms with E-state index < -0.39 is 12.3 Å². The van der Waals surface area contributed by atoms with E-state index in [4.69, 9.17) is 0 Å². The van der Waals surface area contributed by atoms with Crippen molar-refractivity contribution < 1.29 is 27.5 Å². The van der Waals surface area contributed by atoms with Crippen LogP contribution in [0.1, 0.15) is 15.2 Å². The molecule has 0 saturated carbocycles. The van der Waals surface area contributed by atoms with Crippen LogP contribution in [0.15, 0.2) is 41.8 Å². The Morgan fingerprint density at radius 1 is 1.20 bits per heavy atom. The van der Waals surface area contributed by atoms with Gasteiger partial charge in [0.15, 0.2) is 0 Å². The fourth-order valence-electron chi connectivity index (χ4n) is 1.99. The Kier molecular flexibility index (Phi) is 6.02. The number of thiophene rings is 1. The molecule has 2 aromatic rings. The van der Waals surface area contributed by atoms with Gasteiger partial charge in [-0.05, 0) is 17.5 Å². The molecule has 0 bridgehead atoms. The van der Waals surface area contributed by atoms with E-state index in [9.17, 15) is 22.8 Å². The summed E-state index contributed by atoms with van der Waals surface area (Å²) in [7, 11) is 1.43. The van der Waals surface area contributed by atoms with Crippen LogP contribution in [0.3, 0.4) is 0 Å². The number of halogens is 3. The zero-order chi connectivity index (χ0) is 18.4. The van der Waals surface area contributed by atoms with Gasteiger partial charge < -0.3 is 15.0 Å². The van der Waals surface area contributed by atoms with Gasteiger partial charge in [-0.25, -0.2) is 0 Å². The maximum Gasteiger partial charge on any atom is 0.573 e. The number of benzene rings is 1. The molecule has 5 nitrogen and oxygen atoms in total. The Bertz CT molecular complexity index is 732. The van der Waals surface area contributed by atoms with Crippen molar-refractivity contribution in [3.63, 3.8) is 0 Å². The van der Waals surface area contributed by atoms with Gasteiger partial charge in [0.25, 0.3) is 5.91 Å². The lowest BCUT2D eigenvalue weighted by Gasteiger charge is -2.20. The first-order valence-corrected chi connectivity index (χ1v) is 8.03. The summed E-state index contributed by atoms with van der Waals surface area (Å²) in [6.45, 7) is -0.338. The molecule has 0 fully saturated rings. The summed E-state index contributed by atoms with van der Waals surface area (Å²) in [5, 5.41) is 4.21. The molecule has 9 heteroatoms. The second kappa shape index (κ2) is 8.02. The van der Waals surface area contributed by atoms with Gasteiger partial charge >= 0.3 is 6.36 Å². The van der Waals surface area contributed by atoms with E-state index in [1.54, 1.807) is 23.6 Å². The highest BCUT2D eigenvalue weighted by atomic mass is 32.1. The summed E-state index contributed by atoms with van der Waals surface area (Å²) >= 11 is 1.24. The Morgan fingerprint density at radius 2 is 1.92 bits per heavy atom. The molecular formula is C16H15F3N2O3S. The lowest BCUT2D eigenvalue weighted by Crippen LogP contribution is -2.37. The van der Waals surface area contributed by atoms with Crippen LogP contribution >= 0.6 is 11.3 Å². The van der Waals surface area contributed by atoms with E-state index in [0.29, 0.717) is 4.88 Å². The largest absolute Gasteiger partial charge is 0.573 e. The van der Waals surface area contributed by atoms with Gasteiger partial charge in [-0.1, -0.05) is 24.3 Å². The smallest absolute Gasteiger partial charge is 0.405 e. The number of amides is 2. The topological polar surface area (TPSA) is 58.6 Å². The summed E-state index contributed by atoms with van der Waals surface area (Å²) in [5.41, 5.74) is 0.209. The maximum absolute atomic E-state index is 12.4. The minimum Gasteiger partial charge on any atom is -0.405 e. The van der Waals surface area contributed by atoms with E-state index in [1.807, 2.05) is 0 Å². The molecule has 2 rings (SSSR count). The minimum absolute atomic E-state index is 0.0834. The van der Waals surface area contributed by atoms with Crippen LogP contribution in [0.2, 0.25) is 0 Å². The molecule has 0 unspecified atom stereocenters. The molecule has 134 valence electrons. The van der Waals surface area contributed by atoms with Gasteiger partial charge in [-0.3, -0.25) is 9.59 Å². The van der Waals surface area contributed by atoms with Crippen LogP contribution in [0, 0.1) is 0 Å². The predicted molar refractivity (Wildman–Crippen MR) is 86.3 cm³/mol. The zero-order valence-corrected chi connectivity index (χ0v) is 14.0. The van der Waals surface area contributed by atoms with E-state index in [-0.39, 0.29) is 30.3 Å². The molecule has 0 saturated heterocycles. The summed E-state index contributed by atoms with van der Waals surface area (Å²) in [6.07, 6.45) is -4.81. The number of nitrogens with zero attached hydrogens (tertiary/aromatic N) is 1. The molecule has 0 aliphatic heterocycles. The third-order valence-corrected chi connectivity index (χ3v) is 4.05. The van der Waals surface area contributed by atoms with E-state index in [0.717, 1.165) is 0 Å². The Labute approximate surface area is 146 Å². The summed E-state index contributed by atoms with van der Waals surface area (Å²) in [4.78, 5) is 25.5. The maximum atomic E-state index is 12.4. The highest BCUT2D eigenvalue weighted by Gasteiger charge is 2.32. The average Bonchev–Trinajstić information content (AvgIpc) is 3.07. The van der Waals surface area contributed by atoms with Gasteiger partial charge in [0.05, 0.1) is 11.4 Å². The lowest BCUT2D eigenvalue weighted by molar-refractivity contribution is -0.275. The predicted octanol–water partition coefficient (Wildman–Crippen LogP) is 3.04. The number of alkyl halides is 3. The molecule has 1 aromatic heterocycles. The first-order chi connectivity index (χ1) is 11.8. The number of carbonyl (C=O) groups excluding carboxylic acids is 2. The van der Waals surface area contributed by atoms with Gasteiger partial charge in [-0.15, -0.1) is 24.5 Å². The number of likely N-dealkylation sites (N-methyl/N-ethyl adjacent to an activating group) is 1. The third-order valence-electron chi connectivity index (χ3n) is 3.18. The number of ether oxygens (including phenoxy) is 1. The minimum atomic E-state index is -4.81. The van der Waals surface area contributed by atoms with Crippen molar-refractivity contribution in [1.29, 1.82) is 0 Å². The van der Waals surface area contributed by atoms with Gasteiger partial charge in [0, 0.05) is 19.2 Å². The number of hydrogen-bond acceptors (Lipinski definition) is 4. The molecule has 1 aromatic carbocycles. The van der Waals surface area contributed by atoms with E-state index in [2.05, 4.69) is 10.1 Å². The normalized spacial score (nSPS) is 11.0. The van der Waals surface area contributed by atoms with Crippen molar-refractivity contribution in [2.75, 3.05) is 13.6 Å². The fraction of sp³-hybridized carbons (Fsp3) is 0.250. The number of hydrogen-bond donors (Lipinski definition) is 1. The summed E-state index contributed by atoms with van der Waals surface area (Å²) in [5.74, 6) is -1.18. The molecule has 0 aliphatic rings. The van der Waals surface area contributed by atoms with Gasteiger partial charge in [0.2, 0.25) is 5.91 Å². The van der Waals surface area contributed by atoms with E-state index >= 15 is 0 Å². The second-order valence-corrected chi connectivity index (χ2v) is 6.01. The number of rotatable bonds is 6. The SMILES string of the molecule is CN(Cc1ccccc1OC(F)(F)F)C(=O)CNC(=O)c1cccs1. The van der Waals surface area contributed by atoms with Crippen molar-refractivity contribution in [2.24, 2.45) is 0 Å². The Hall–Kier alpha value is -2.55.